The SMILES string of the molecule is Cc1ccc(-c2noc(C)c2Cn2ncc(-c3ccc(C(F)(F)F)cc3)cc2=O)cn1. The first-order chi connectivity index (χ1) is 14.7. The number of nitrogens with zero attached hydrogens (tertiary/aromatic N) is 4. The van der Waals surface area contributed by atoms with Crippen molar-refractivity contribution in [1.82, 2.24) is 19.9 Å². The number of rotatable bonds is 4. The number of aryl methyl sites for hydroxylation is 2. The Bertz CT molecular complexity index is 1270. The molecule has 0 saturated carbocycles. The van der Waals surface area contributed by atoms with Gasteiger partial charge in [-0.15, -0.1) is 0 Å². The fourth-order valence-electron chi connectivity index (χ4n) is 3.12. The van der Waals surface area contributed by atoms with E-state index in [0.717, 1.165) is 23.4 Å². The molecule has 0 amide bonds. The zero-order chi connectivity index (χ0) is 22.2. The van der Waals surface area contributed by atoms with Gasteiger partial charge in [-0.1, -0.05) is 17.3 Å². The van der Waals surface area contributed by atoms with Gasteiger partial charge in [-0.3, -0.25) is 9.78 Å². The van der Waals surface area contributed by atoms with Crippen molar-refractivity contribution in [3.05, 3.63) is 87.8 Å². The molecule has 0 atom stereocenters. The molecular formula is C22H17F3N4O2. The maximum atomic E-state index is 12.7. The van der Waals surface area contributed by atoms with Crippen molar-refractivity contribution in [2.45, 2.75) is 26.6 Å². The van der Waals surface area contributed by atoms with Gasteiger partial charge in [-0.25, -0.2) is 4.68 Å². The molecule has 6 nitrogen and oxygen atoms in total. The molecule has 0 aliphatic heterocycles. The largest absolute Gasteiger partial charge is 0.416 e. The molecule has 3 aromatic heterocycles. The van der Waals surface area contributed by atoms with Gasteiger partial charge in [0.2, 0.25) is 0 Å². The second kappa shape index (κ2) is 7.82. The summed E-state index contributed by atoms with van der Waals surface area (Å²) in [7, 11) is 0. The molecule has 0 bridgehead atoms. The predicted octanol–water partition coefficient (Wildman–Crippen LogP) is 4.64. The molecule has 3 heterocycles. The molecule has 31 heavy (non-hydrogen) atoms. The molecule has 158 valence electrons. The molecule has 0 N–H and O–H groups in total. The fourth-order valence-corrected chi connectivity index (χ4v) is 3.12. The normalized spacial score (nSPS) is 11.6. The minimum Gasteiger partial charge on any atom is -0.361 e. The summed E-state index contributed by atoms with van der Waals surface area (Å²) in [6.07, 6.45) is -1.29. The quantitative estimate of drug-likeness (QED) is 0.475. The molecule has 0 saturated heterocycles. The summed E-state index contributed by atoms with van der Waals surface area (Å²) >= 11 is 0. The number of hydrogen-bond donors (Lipinski definition) is 0. The maximum Gasteiger partial charge on any atom is 0.416 e. The second-order valence-electron chi connectivity index (χ2n) is 7.07. The number of alkyl halides is 3. The van der Waals surface area contributed by atoms with E-state index >= 15 is 0 Å². The van der Waals surface area contributed by atoms with Crippen molar-refractivity contribution in [3.8, 4) is 22.4 Å². The van der Waals surface area contributed by atoms with Gasteiger partial charge in [0.05, 0.1) is 18.3 Å². The van der Waals surface area contributed by atoms with E-state index in [9.17, 15) is 18.0 Å². The van der Waals surface area contributed by atoms with Crippen molar-refractivity contribution in [3.63, 3.8) is 0 Å². The number of aromatic nitrogens is 4. The minimum absolute atomic E-state index is 0.130. The van der Waals surface area contributed by atoms with E-state index in [1.807, 2.05) is 19.1 Å². The molecule has 4 rings (SSSR count). The first-order valence-corrected chi connectivity index (χ1v) is 9.35. The number of halogens is 3. The van der Waals surface area contributed by atoms with Crippen molar-refractivity contribution >= 4 is 0 Å². The van der Waals surface area contributed by atoms with Crippen LogP contribution in [0.5, 0.6) is 0 Å². The monoisotopic (exact) mass is 426 g/mol. The van der Waals surface area contributed by atoms with Crippen LogP contribution in [0.3, 0.4) is 0 Å². The Kier molecular flexibility index (Phi) is 5.18. The highest BCUT2D eigenvalue weighted by atomic mass is 19.4. The average Bonchev–Trinajstić information content (AvgIpc) is 3.10. The van der Waals surface area contributed by atoms with E-state index in [1.54, 1.807) is 13.1 Å². The van der Waals surface area contributed by atoms with E-state index in [0.29, 0.717) is 28.1 Å². The Morgan fingerprint density at radius 2 is 1.68 bits per heavy atom. The van der Waals surface area contributed by atoms with Crippen LogP contribution in [-0.4, -0.2) is 19.9 Å². The lowest BCUT2D eigenvalue weighted by atomic mass is 10.1. The summed E-state index contributed by atoms with van der Waals surface area (Å²) in [6, 6.07) is 9.64. The topological polar surface area (TPSA) is 73.8 Å². The number of hydrogen-bond acceptors (Lipinski definition) is 5. The highest BCUT2D eigenvalue weighted by Gasteiger charge is 2.30. The van der Waals surface area contributed by atoms with Crippen LogP contribution in [0, 0.1) is 13.8 Å². The molecule has 0 aliphatic rings. The van der Waals surface area contributed by atoms with Crippen molar-refractivity contribution in [2.75, 3.05) is 0 Å². The molecule has 4 aromatic rings. The van der Waals surface area contributed by atoms with E-state index in [4.69, 9.17) is 4.52 Å². The van der Waals surface area contributed by atoms with Crippen LogP contribution in [0.25, 0.3) is 22.4 Å². The van der Waals surface area contributed by atoms with Crippen LogP contribution in [0.15, 0.2) is 64.2 Å². The summed E-state index contributed by atoms with van der Waals surface area (Å²) in [5, 5.41) is 8.27. The van der Waals surface area contributed by atoms with Gasteiger partial charge in [-0.05, 0) is 43.7 Å². The van der Waals surface area contributed by atoms with Crippen LogP contribution in [0.2, 0.25) is 0 Å². The fraction of sp³-hybridized carbons (Fsp3) is 0.182. The summed E-state index contributed by atoms with van der Waals surface area (Å²) < 4.78 is 44.8. The maximum absolute atomic E-state index is 12.7. The zero-order valence-corrected chi connectivity index (χ0v) is 16.6. The Morgan fingerprint density at radius 1 is 0.968 bits per heavy atom. The summed E-state index contributed by atoms with van der Waals surface area (Å²) in [5.41, 5.74) is 2.64. The van der Waals surface area contributed by atoms with Gasteiger partial charge in [0.25, 0.3) is 5.56 Å². The Morgan fingerprint density at radius 3 is 2.29 bits per heavy atom. The third-order valence-corrected chi connectivity index (χ3v) is 4.89. The first kappa shape index (κ1) is 20.5. The lowest BCUT2D eigenvalue weighted by Crippen LogP contribution is -2.23. The van der Waals surface area contributed by atoms with Crippen LogP contribution >= 0.6 is 0 Å². The molecule has 0 aliphatic carbocycles. The predicted molar refractivity (Wildman–Crippen MR) is 107 cm³/mol. The van der Waals surface area contributed by atoms with E-state index < -0.39 is 17.3 Å². The summed E-state index contributed by atoms with van der Waals surface area (Å²) in [6.45, 7) is 3.75. The van der Waals surface area contributed by atoms with Gasteiger partial charge >= 0.3 is 6.18 Å². The smallest absolute Gasteiger partial charge is 0.361 e. The highest BCUT2D eigenvalue weighted by molar-refractivity contribution is 5.63. The lowest BCUT2D eigenvalue weighted by molar-refractivity contribution is -0.137. The van der Waals surface area contributed by atoms with Crippen LogP contribution in [-0.2, 0) is 12.7 Å². The van der Waals surface area contributed by atoms with Crippen molar-refractivity contribution in [1.29, 1.82) is 0 Å². The molecule has 9 heteroatoms. The zero-order valence-electron chi connectivity index (χ0n) is 16.6. The van der Waals surface area contributed by atoms with Gasteiger partial charge in [0, 0.05) is 34.6 Å². The highest BCUT2D eigenvalue weighted by Crippen LogP contribution is 2.30. The third-order valence-electron chi connectivity index (χ3n) is 4.89. The minimum atomic E-state index is -4.42. The van der Waals surface area contributed by atoms with E-state index in [2.05, 4.69) is 15.2 Å². The van der Waals surface area contributed by atoms with Gasteiger partial charge in [-0.2, -0.15) is 18.3 Å². The van der Waals surface area contributed by atoms with Crippen molar-refractivity contribution < 1.29 is 17.7 Å². The van der Waals surface area contributed by atoms with Gasteiger partial charge < -0.3 is 4.52 Å². The third kappa shape index (κ3) is 4.25. The molecule has 0 spiro atoms. The average molecular weight is 426 g/mol. The van der Waals surface area contributed by atoms with Crippen LogP contribution in [0.4, 0.5) is 13.2 Å². The standard InChI is InChI=1S/C22H17F3N4O2/c1-13-3-4-16(10-26-13)21-19(14(2)31-28-21)12-29-20(30)9-17(11-27-29)15-5-7-18(8-6-15)22(23,24)25/h3-11H,12H2,1-2H3. The van der Waals surface area contributed by atoms with Crippen molar-refractivity contribution in [2.24, 2.45) is 0 Å². The Hall–Kier alpha value is -3.75. The van der Waals surface area contributed by atoms with Crippen LogP contribution < -0.4 is 5.56 Å². The lowest BCUT2D eigenvalue weighted by Gasteiger charge is -2.09. The molecule has 0 fully saturated rings. The number of pyridine rings is 1. The molecule has 0 unspecified atom stereocenters. The summed E-state index contributed by atoms with van der Waals surface area (Å²) in [4.78, 5) is 16.9. The molecule has 0 radical (unpaired) electrons. The van der Waals surface area contributed by atoms with E-state index in [1.165, 1.54) is 29.1 Å². The Balaban J connectivity index is 1.62. The second-order valence-corrected chi connectivity index (χ2v) is 7.07. The van der Waals surface area contributed by atoms with E-state index in [-0.39, 0.29) is 6.54 Å². The van der Waals surface area contributed by atoms with Crippen LogP contribution in [0.1, 0.15) is 22.6 Å². The summed E-state index contributed by atoms with van der Waals surface area (Å²) in [5.74, 6) is 0.552. The number of benzene rings is 1. The molecular weight excluding hydrogens is 409 g/mol. The Labute approximate surface area is 175 Å². The van der Waals surface area contributed by atoms with Gasteiger partial charge in [0.1, 0.15) is 11.5 Å². The molecule has 1 aromatic carbocycles. The van der Waals surface area contributed by atoms with Gasteiger partial charge in [0.15, 0.2) is 0 Å². The first-order valence-electron chi connectivity index (χ1n) is 9.35.